The van der Waals surface area contributed by atoms with Gasteiger partial charge in [0.2, 0.25) is 0 Å². The molecule has 1 aromatic carbocycles. The van der Waals surface area contributed by atoms with Crippen LogP contribution in [0.1, 0.15) is 38.3 Å². The van der Waals surface area contributed by atoms with Crippen molar-refractivity contribution < 1.29 is 14.2 Å². The Balaban J connectivity index is 2.12. The lowest BCUT2D eigenvalue weighted by molar-refractivity contribution is 0.0673. The molecule has 0 aromatic heterocycles. The Morgan fingerprint density at radius 3 is 2.85 bits per heavy atom. The normalized spacial score (nSPS) is 19.9. The van der Waals surface area contributed by atoms with Gasteiger partial charge in [-0.05, 0) is 38.4 Å². The largest absolute Gasteiger partial charge is 0.496 e. The Hall–Kier alpha value is -1.26. The highest BCUT2D eigenvalue weighted by Crippen LogP contribution is 2.34. The SMILES string of the molecule is CCNC(C)c1c(OC)cccc1OCC1CCCO1. The average Bonchev–Trinajstić information content (AvgIpc) is 2.98. The minimum absolute atomic E-state index is 0.190. The fourth-order valence-corrected chi connectivity index (χ4v) is 2.62. The van der Waals surface area contributed by atoms with Gasteiger partial charge in [0.25, 0.3) is 0 Å². The smallest absolute Gasteiger partial charge is 0.127 e. The number of ether oxygens (including phenoxy) is 3. The first kappa shape index (κ1) is 15.1. The summed E-state index contributed by atoms with van der Waals surface area (Å²) >= 11 is 0. The summed E-state index contributed by atoms with van der Waals surface area (Å²) in [5, 5.41) is 3.41. The van der Waals surface area contributed by atoms with Crippen LogP contribution in [-0.2, 0) is 4.74 Å². The number of nitrogens with one attached hydrogen (secondary N) is 1. The first-order chi connectivity index (χ1) is 9.76. The zero-order chi connectivity index (χ0) is 14.4. The molecule has 4 nitrogen and oxygen atoms in total. The van der Waals surface area contributed by atoms with Gasteiger partial charge in [-0.3, -0.25) is 0 Å². The van der Waals surface area contributed by atoms with Crippen LogP contribution in [0.15, 0.2) is 18.2 Å². The molecule has 0 saturated carbocycles. The lowest BCUT2D eigenvalue weighted by Gasteiger charge is -2.21. The van der Waals surface area contributed by atoms with Gasteiger partial charge in [0, 0.05) is 12.6 Å². The third kappa shape index (κ3) is 3.64. The van der Waals surface area contributed by atoms with E-state index in [4.69, 9.17) is 14.2 Å². The molecule has 2 atom stereocenters. The van der Waals surface area contributed by atoms with Gasteiger partial charge in [-0.1, -0.05) is 13.0 Å². The summed E-state index contributed by atoms with van der Waals surface area (Å²) in [7, 11) is 1.70. The van der Waals surface area contributed by atoms with E-state index in [1.165, 1.54) is 0 Å². The molecule has 0 bridgehead atoms. The summed E-state index contributed by atoms with van der Waals surface area (Å²) in [5.41, 5.74) is 1.08. The predicted octanol–water partition coefficient (Wildman–Crippen LogP) is 2.92. The maximum Gasteiger partial charge on any atom is 0.127 e. The Bertz CT molecular complexity index is 416. The van der Waals surface area contributed by atoms with Crippen molar-refractivity contribution >= 4 is 0 Å². The third-order valence-electron chi connectivity index (χ3n) is 3.64. The molecule has 1 saturated heterocycles. The Kier molecular flexibility index (Phi) is 5.68. The topological polar surface area (TPSA) is 39.7 Å². The molecule has 1 heterocycles. The fraction of sp³-hybridized carbons (Fsp3) is 0.625. The highest BCUT2D eigenvalue weighted by Gasteiger charge is 2.20. The molecule has 112 valence electrons. The minimum atomic E-state index is 0.190. The van der Waals surface area contributed by atoms with Crippen LogP contribution in [0.5, 0.6) is 11.5 Å². The van der Waals surface area contributed by atoms with Gasteiger partial charge in [-0.15, -0.1) is 0 Å². The second-order valence-electron chi connectivity index (χ2n) is 5.10. The molecular weight excluding hydrogens is 254 g/mol. The van der Waals surface area contributed by atoms with Crippen LogP contribution in [0.2, 0.25) is 0 Å². The summed E-state index contributed by atoms with van der Waals surface area (Å²) in [6, 6.07) is 6.13. The number of methoxy groups -OCH3 is 1. The Morgan fingerprint density at radius 2 is 2.20 bits per heavy atom. The maximum atomic E-state index is 5.99. The summed E-state index contributed by atoms with van der Waals surface area (Å²) in [6.07, 6.45) is 2.44. The molecule has 0 amide bonds. The first-order valence-electron chi connectivity index (χ1n) is 7.41. The zero-order valence-electron chi connectivity index (χ0n) is 12.6. The van der Waals surface area contributed by atoms with Gasteiger partial charge in [-0.25, -0.2) is 0 Å². The van der Waals surface area contributed by atoms with E-state index in [1.54, 1.807) is 7.11 Å². The molecule has 0 aliphatic carbocycles. The van der Waals surface area contributed by atoms with Crippen molar-refractivity contribution in [2.75, 3.05) is 26.9 Å². The second kappa shape index (κ2) is 7.50. The molecule has 0 spiro atoms. The van der Waals surface area contributed by atoms with Crippen molar-refractivity contribution in [3.05, 3.63) is 23.8 Å². The molecule has 1 fully saturated rings. The number of hydrogen-bond acceptors (Lipinski definition) is 4. The van der Waals surface area contributed by atoms with Crippen molar-refractivity contribution in [3.63, 3.8) is 0 Å². The van der Waals surface area contributed by atoms with Crippen LogP contribution in [0.3, 0.4) is 0 Å². The molecule has 0 radical (unpaired) electrons. The summed E-state index contributed by atoms with van der Waals surface area (Å²) in [6.45, 7) is 6.59. The molecular formula is C16H25NO3. The van der Waals surface area contributed by atoms with Crippen LogP contribution < -0.4 is 14.8 Å². The molecule has 4 heteroatoms. The first-order valence-corrected chi connectivity index (χ1v) is 7.41. The maximum absolute atomic E-state index is 5.99. The van der Waals surface area contributed by atoms with E-state index >= 15 is 0 Å². The minimum Gasteiger partial charge on any atom is -0.496 e. The van der Waals surface area contributed by atoms with Gasteiger partial charge in [0.15, 0.2) is 0 Å². The van der Waals surface area contributed by atoms with E-state index in [1.807, 2.05) is 18.2 Å². The van der Waals surface area contributed by atoms with Crippen molar-refractivity contribution in [2.24, 2.45) is 0 Å². The van der Waals surface area contributed by atoms with Crippen molar-refractivity contribution in [2.45, 2.75) is 38.8 Å². The molecule has 2 rings (SSSR count). The Morgan fingerprint density at radius 1 is 1.40 bits per heavy atom. The van der Waals surface area contributed by atoms with Gasteiger partial charge < -0.3 is 19.5 Å². The average molecular weight is 279 g/mol. The molecule has 1 aromatic rings. The molecule has 1 aliphatic heterocycles. The zero-order valence-corrected chi connectivity index (χ0v) is 12.6. The molecule has 2 unspecified atom stereocenters. The third-order valence-corrected chi connectivity index (χ3v) is 3.64. The molecule has 1 N–H and O–H groups in total. The van der Waals surface area contributed by atoms with Gasteiger partial charge >= 0.3 is 0 Å². The van der Waals surface area contributed by atoms with E-state index in [-0.39, 0.29) is 12.1 Å². The highest BCUT2D eigenvalue weighted by molar-refractivity contribution is 5.46. The quantitative estimate of drug-likeness (QED) is 0.833. The summed E-state index contributed by atoms with van der Waals surface area (Å²) in [4.78, 5) is 0. The summed E-state index contributed by atoms with van der Waals surface area (Å²) < 4.78 is 17.1. The lowest BCUT2D eigenvalue weighted by Crippen LogP contribution is -2.21. The van der Waals surface area contributed by atoms with Crippen LogP contribution in [0, 0.1) is 0 Å². The number of hydrogen-bond donors (Lipinski definition) is 1. The van der Waals surface area contributed by atoms with Crippen LogP contribution in [0.25, 0.3) is 0 Å². The summed E-state index contributed by atoms with van der Waals surface area (Å²) in [5.74, 6) is 1.75. The standard InChI is InChI=1S/C16H25NO3/c1-4-17-12(2)16-14(18-3)8-5-9-15(16)20-11-13-7-6-10-19-13/h5,8-9,12-13,17H,4,6-7,10-11H2,1-3H3. The van der Waals surface area contributed by atoms with Gasteiger partial charge in [-0.2, -0.15) is 0 Å². The lowest BCUT2D eigenvalue weighted by atomic mass is 10.1. The monoisotopic (exact) mass is 279 g/mol. The predicted molar refractivity (Wildman–Crippen MR) is 79.6 cm³/mol. The van der Waals surface area contributed by atoms with E-state index in [2.05, 4.69) is 19.2 Å². The van der Waals surface area contributed by atoms with E-state index < -0.39 is 0 Å². The fourth-order valence-electron chi connectivity index (χ4n) is 2.62. The molecule has 1 aliphatic rings. The van der Waals surface area contributed by atoms with Crippen molar-refractivity contribution in [1.82, 2.24) is 5.32 Å². The number of benzene rings is 1. The van der Waals surface area contributed by atoms with Crippen LogP contribution in [-0.4, -0.2) is 33.0 Å². The van der Waals surface area contributed by atoms with Crippen molar-refractivity contribution in [3.8, 4) is 11.5 Å². The van der Waals surface area contributed by atoms with Crippen molar-refractivity contribution in [1.29, 1.82) is 0 Å². The second-order valence-corrected chi connectivity index (χ2v) is 5.10. The van der Waals surface area contributed by atoms with Gasteiger partial charge in [0.1, 0.15) is 18.1 Å². The number of rotatable bonds is 7. The van der Waals surface area contributed by atoms with E-state index in [9.17, 15) is 0 Å². The highest BCUT2D eigenvalue weighted by atomic mass is 16.5. The van der Waals surface area contributed by atoms with Gasteiger partial charge in [0.05, 0.1) is 18.8 Å². The van der Waals surface area contributed by atoms with Crippen LogP contribution >= 0.6 is 0 Å². The Labute approximate surface area is 121 Å². The van der Waals surface area contributed by atoms with Crippen LogP contribution in [0.4, 0.5) is 0 Å². The molecule has 20 heavy (non-hydrogen) atoms. The van der Waals surface area contributed by atoms with E-state index in [0.717, 1.165) is 43.1 Å². The van der Waals surface area contributed by atoms with E-state index in [0.29, 0.717) is 6.61 Å².